The quantitative estimate of drug-likeness (QED) is 0.512. The van der Waals surface area contributed by atoms with Gasteiger partial charge in [0.1, 0.15) is 11.1 Å². The van der Waals surface area contributed by atoms with Crippen LogP contribution >= 0.6 is 11.3 Å². The van der Waals surface area contributed by atoms with Crippen LogP contribution in [0.5, 0.6) is 0 Å². The van der Waals surface area contributed by atoms with E-state index in [1.807, 2.05) is 61.3 Å². The highest BCUT2D eigenvalue weighted by atomic mass is 32.1. The van der Waals surface area contributed by atoms with Crippen molar-refractivity contribution in [3.05, 3.63) is 71.3 Å². The molecule has 5 heteroatoms. The number of anilines is 1. The molecule has 1 aromatic heterocycles. The summed E-state index contributed by atoms with van der Waals surface area (Å²) in [5.74, 6) is 0. The minimum absolute atomic E-state index is 0.498. The Morgan fingerprint density at radius 2 is 1.79 bits per heavy atom. The number of hydrogen-bond donors (Lipinski definition) is 0. The Kier molecular flexibility index (Phi) is 6.22. The van der Waals surface area contributed by atoms with Gasteiger partial charge < -0.3 is 4.90 Å². The highest BCUT2D eigenvalue weighted by molar-refractivity contribution is 7.19. The van der Waals surface area contributed by atoms with Crippen LogP contribution in [0.3, 0.4) is 0 Å². The summed E-state index contributed by atoms with van der Waals surface area (Å²) in [6.07, 6.45) is 2.29. The Morgan fingerprint density at radius 1 is 1.07 bits per heavy atom. The first-order chi connectivity index (χ1) is 13.6. The van der Waals surface area contributed by atoms with E-state index in [0.29, 0.717) is 18.5 Å². The highest BCUT2D eigenvalue weighted by Crippen LogP contribution is 2.40. The van der Waals surface area contributed by atoms with E-state index < -0.39 is 0 Å². The topological polar surface area (TPSA) is 63.2 Å². The van der Waals surface area contributed by atoms with Gasteiger partial charge in [-0.15, -0.1) is 11.3 Å². The Balaban J connectivity index is 1.83. The zero-order valence-electron chi connectivity index (χ0n) is 15.9. The van der Waals surface area contributed by atoms with Crippen molar-refractivity contribution in [2.24, 2.45) is 4.99 Å². The number of rotatable bonds is 6. The number of nitriles is 2. The number of hydrogen-bond acceptors (Lipinski definition) is 5. The third kappa shape index (κ3) is 4.28. The summed E-state index contributed by atoms with van der Waals surface area (Å²) in [5.41, 5.74) is 4.73. The fourth-order valence-electron chi connectivity index (χ4n) is 2.88. The molecule has 3 aromatic rings. The Morgan fingerprint density at radius 3 is 2.43 bits per heavy atom. The van der Waals surface area contributed by atoms with Gasteiger partial charge in [0, 0.05) is 30.4 Å². The molecule has 0 spiro atoms. The Hall–Kier alpha value is -3.41. The molecule has 0 saturated heterocycles. The third-order valence-corrected chi connectivity index (χ3v) is 5.75. The van der Waals surface area contributed by atoms with Gasteiger partial charge in [0.05, 0.1) is 18.1 Å². The molecule has 28 heavy (non-hydrogen) atoms. The van der Waals surface area contributed by atoms with Crippen molar-refractivity contribution in [1.82, 2.24) is 0 Å². The second kappa shape index (κ2) is 8.99. The Bertz CT molecular complexity index is 1050. The lowest BCUT2D eigenvalue weighted by atomic mass is 10.1. The third-order valence-electron chi connectivity index (χ3n) is 4.50. The predicted molar refractivity (Wildman–Crippen MR) is 116 cm³/mol. The van der Waals surface area contributed by atoms with Crippen LogP contribution < -0.4 is 4.90 Å². The molecule has 0 unspecified atom stereocenters. The molecule has 0 aliphatic rings. The summed E-state index contributed by atoms with van der Waals surface area (Å²) in [5, 5.41) is 19.0. The molecule has 2 aromatic carbocycles. The van der Waals surface area contributed by atoms with Crippen LogP contribution in [-0.2, 0) is 0 Å². The zero-order chi connectivity index (χ0) is 19.9. The molecular formula is C23H20N4S. The molecular weight excluding hydrogens is 364 g/mol. The van der Waals surface area contributed by atoms with Crippen LogP contribution in [0.2, 0.25) is 0 Å². The predicted octanol–water partition coefficient (Wildman–Crippen LogP) is 5.70. The van der Waals surface area contributed by atoms with E-state index in [1.165, 1.54) is 0 Å². The SMILES string of the molecule is Cc1c(-c2ccccc2)sc(/N=C/c2ccc(N(C)CCC#N)cc2)c1C#N. The molecule has 0 aliphatic carbocycles. The van der Waals surface area contributed by atoms with Crippen LogP contribution in [0.25, 0.3) is 10.4 Å². The maximum Gasteiger partial charge on any atom is 0.134 e. The smallest absolute Gasteiger partial charge is 0.134 e. The van der Waals surface area contributed by atoms with E-state index in [9.17, 15) is 5.26 Å². The summed E-state index contributed by atoms with van der Waals surface area (Å²) in [6.45, 7) is 2.68. The van der Waals surface area contributed by atoms with Crippen LogP contribution in [-0.4, -0.2) is 19.8 Å². The first-order valence-electron chi connectivity index (χ1n) is 8.95. The van der Waals surface area contributed by atoms with Gasteiger partial charge in [0.2, 0.25) is 0 Å². The standard InChI is InChI=1S/C23H20N4S/c1-17-21(15-25)23(28-22(17)19-7-4-3-5-8-19)26-16-18-9-11-20(12-10-18)27(2)14-6-13-24/h3-5,7-12,16H,6,14H2,1-2H3/b26-16+. The molecule has 0 radical (unpaired) electrons. The van der Waals surface area contributed by atoms with Gasteiger partial charge in [0.15, 0.2) is 0 Å². The molecule has 0 atom stereocenters. The van der Waals surface area contributed by atoms with Crippen LogP contribution in [0, 0.1) is 29.6 Å². The molecule has 4 nitrogen and oxygen atoms in total. The fraction of sp³-hybridized carbons (Fsp3) is 0.174. The summed E-state index contributed by atoms with van der Waals surface area (Å²) in [7, 11) is 1.97. The molecule has 0 bridgehead atoms. The molecule has 0 amide bonds. The van der Waals surface area contributed by atoms with Gasteiger partial charge in [-0.1, -0.05) is 42.5 Å². The van der Waals surface area contributed by atoms with Crippen LogP contribution in [0.1, 0.15) is 23.1 Å². The van der Waals surface area contributed by atoms with E-state index in [2.05, 4.69) is 29.3 Å². The Labute approximate surface area is 169 Å². The molecule has 0 fully saturated rings. The zero-order valence-corrected chi connectivity index (χ0v) is 16.7. The lowest BCUT2D eigenvalue weighted by Gasteiger charge is -2.17. The molecule has 0 saturated carbocycles. The average molecular weight is 385 g/mol. The summed E-state index contributed by atoms with van der Waals surface area (Å²) < 4.78 is 0. The lowest BCUT2D eigenvalue weighted by Crippen LogP contribution is -2.17. The molecule has 138 valence electrons. The maximum absolute atomic E-state index is 9.58. The number of aliphatic imine (C=N–C) groups is 1. The van der Waals surface area contributed by atoms with Crippen molar-refractivity contribution in [3.8, 4) is 22.6 Å². The summed E-state index contributed by atoms with van der Waals surface area (Å²) in [4.78, 5) is 7.72. The summed E-state index contributed by atoms with van der Waals surface area (Å²) >= 11 is 1.54. The maximum atomic E-state index is 9.58. The largest absolute Gasteiger partial charge is 0.374 e. The monoisotopic (exact) mass is 384 g/mol. The summed E-state index contributed by atoms with van der Waals surface area (Å²) in [6, 6.07) is 22.6. The van der Waals surface area contributed by atoms with Gasteiger partial charge in [-0.3, -0.25) is 0 Å². The molecule has 0 aliphatic heterocycles. The average Bonchev–Trinajstić information content (AvgIpc) is 3.06. The minimum Gasteiger partial charge on any atom is -0.374 e. The van der Waals surface area contributed by atoms with Crippen molar-refractivity contribution in [2.75, 3.05) is 18.5 Å². The van der Waals surface area contributed by atoms with Crippen LogP contribution in [0.4, 0.5) is 10.7 Å². The lowest BCUT2D eigenvalue weighted by molar-refractivity contribution is 0.905. The van der Waals surface area contributed by atoms with Gasteiger partial charge in [0.25, 0.3) is 0 Å². The molecule has 0 N–H and O–H groups in total. The van der Waals surface area contributed by atoms with Gasteiger partial charge >= 0.3 is 0 Å². The van der Waals surface area contributed by atoms with E-state index in [0.717, 1.165) is 32.3 Å². The second-order valence-corrected chi connectivity index (χ2v) is 7.39. The molecule has 1 heterocycles. The highest BCUT2D eigenvalue weighted by Gasteiger charge is 2.15. The minimum atomic E-state index is 0.498. The number of thiophene rings is 1. The fourth-order valence-corrected chi connectivity index (χ4v) is 3.99. The normalized spacial score (nSPS) is 10.6. The van der Waals surface area contributed by atoms with Gasteiger partial charge in [-0.05, 0) is 35.7 Å². The van der Waals surface area contributed by atoms with Gasteiger partial charge in [-0.25, -0.2) is 4.99 Å². The van der Waals surface area contributed by atoms with Crippen LogP contribution in [0.15, 0.2) is 59.6 Å². The van der Waals surface area contributed by atoms with Crippen molar-refractivity contribution in [2.45, 2.75) is 13.3 Å². The number of nitrogens with zero attached hydrogens (tertiary/aromatic N) is 4. The van der Waals surface area contributed by atoms with E-state index in [-0.39, 0.29) is 0 Å². The number of benzene rings is 2. The first-order valence-corrected chi connectivity index (χ1v) is 9.77. The van der Waals surface area contributed by atoms with Crippen molar-refractivity contribution in [3.63, 3.8) is 0 Å². The second-order valence-electron chi connectivity index (χ2n) is 6.39. The van der Waals surface area contributed by atoms with E-state index >= 15 is 0 Å². The van der Waals surface area contributed by atoms with Crippen molar-refractivity contribution < 1.29 is 0 Å². The van der Waals surface area contributed by atoms with Gasteiger partial charge in [-0.2, -0.15) is 10.5 Å². The van der Waals surface area contributed by atoms with E-state index in [1.54, 1.807) is 17.6 Å². The van der Waals surface area contributed by atoms with Crippen molar-refractivity contribution >= 4 is 28.2 Å². The van der Waals surface area contributed by atoms with E-state index in [4.69, 9.17) is 5.26 Å². The molecule has 3 rings (SSSR count). The van der Waals surface area contributed by atoms with Crippen molar-refractivity contribution in [1.29, 1.82) is 10.5 Å². The first kappa shape index (κ1) is 19.4.